The molecule has 1 rings (SSSR count). The number of carbonyl (C=O) groups excluding carboxylic acids is 1. The third-order valence-electron chi connectivity index (χ3n) is 2.18. The van der Waals surface area contributed by atoms with Crippen molar-refractivity contribution in [1.29, 1.82) is 0 Å². The second-order valence-electron chi connectivity index (χ2n) is 3.48. The summed E-state index contributed by atoms with van der Waals surface area (Å²) in [6.07, 6.45) is 1.65. The fourth-order valence-corrected chi connectivity index (χ4v) is 1.35. The van der Waals surface area contributed by atoms with Gasteiger partial charge in [0.15, 0.2) is 11.5 Å². The first-order valence-electron chi connectivity index (χ1n) is 5.31. The Bertz CT molecular complexity index is 435. The summed E-state index contributed by atoms with van der Waals surface area (Å²) in [4.78, 5) is 11.4. The van der Waals surface area contributed by atoms with E-state index in [0.717, 1.165) is 0 Å². The number of esters is 1. The van der Waals surface area contributed by atoms with Gasteiger partial charge in [0.1, 0.15) is 0 Å². The lowest BCUT2D eigenvalue weighted by Crippen LogP contribution is -2.04. The third-order valence-corrected chi connectivity index (χ3v) is 2.18. The van der Waals surface area contributed by atoms with Crippen LogP contribution in [0.3, 0.4) is 0 Å². The van der Waals surface area contributed by atoms with Crippen LogP contribution in [-0.2, 0) is 9.53 Å². The molecule has 1 N–H and O–H groups in total. The summed E-state index contributed by atoms with van der Waals surface area (Å²) in [7, 11) is 1.48. The van der Waals surface area contributed by atoms with E-state index < -0.39 is 0 Å². The molecule has 4 nitrogen and oxygen atoms in total. The molecule has 0 unspecified atom stereocenters. The van der Waals surface area contributed by atoms with E-state index in [-0.39, 0.29) is 11.7 Å². The SMILES string of the molecule is CCOC(=O)/C(C)=C/c1ccc(OC)c(O)c1. The maximum Gasteiger partial charge on any atom is 0.333 e. The Morgan fingerprint density at radius 2 is 2.18 bits per heavy atom. The smallest absolute Gasteiger partial charge is 0.333 e. The zero-order chi connectivity index (χ0) is 12.8. The number of carbonyl (C=O) groups is 1. The first-order valence-corrected chi connectivity index (χ1v) is 5.31. The molecule has 17 heavy (non-hydrogen) atoms. The van der Waals surface area contributed by atoms with Crippen molar-refractivity contribution >= 4 is 12.0 Å². The Kier molecular flexibility index (Phi) is 4.57. The quantitative estimate of drug-likeness (QED) is 0.644. The van der Waals surface area contributed by atoms with Crippen LogP contribution in [0.2, 0.25) is 0 Å². The first kappa shape index (κ1) is 13.1. The summed E-state index contributed by atoms with van der Waals surface area (Å²) in [5.41, 5.74) is 1.20. The van der Waals surface area contributed by atoms with Gasteiger partial charge in [-0.25, -0.2) is 4.79 Å². The van der Waals surface area contributed by atoms with Gasteiger partial charge in [-0.3, -0.25) is 0 Å². The summed E-state index contributed by atoms with van der Waals surface area (Å²) in [5, 5.41) is 9.58. The molecule has 0 saturated heterocycles. The van der Waals surface area contributed by atoms with Gasteiger partial charge in [0.05, 0.1) is 13.7 Å². The number of hydrogen-bond donors (Lipinski definition) is 1. The van der Waals surface area contributed by atoms with E-state index in [9.17, 15) is 9.90 Å². The summed E-state index contributed by atoms with van der Waals surface area (Å²) in [6, 6.07) is 4.92. The fraction of sp³-hybridized carbons (Fsp3) is 0.308. The molecule has 0 aliphatic rings. The predicted octanol–water partition coefficient (Wildman–Crippen LogP) is 2.37. The van der Waals surface area contributed by atoms with Gasteiger partial charge in [-0.2, -0.15) is 0 Å². The molecule has 1 aromatic rings. The van der Waals surface area contributed by atoms with Crippen LogP contribution in [-0.4, -0.2) is 24.8 Å². The Hall–Kier alpha value is -1.97. The number of rotatable bonds is 4. The van der Waals surface area contributed by atoms with Gasteiger partial charge in [-0.05, 0) is 37.6 Å². The topological polar surface area (TPSA) is 55.8 Å². The molecule has 0 fully saturated rings. The van der Waals surface area contributed by atoms with E-state index in [2.05, 4.69) is 0 Å². The van der Waals surface area contributed by atoms with Crippen LogP contribution in [0.1, 0.15) is 19.4 Å². The molecule has 0 aromatic heterocycles. The van der Waals surface area contributed by atoms with Crippen molar-refractivity contribution in [2.24, 2.45) is 0 Å². The van der Waals surface area contributed by atoms with E-state index in [0.29, 0.717) is 23.5 Å². The molecule has 0 aliphatic heterocycles. The van der Waals surface area contributed by atoms with Crippen LogP contribution in [0.5, 0.6) is 11.5 Å². The number of methoxy groups -OCH3 is 1. The van der Waals surface area contributed by atoms with E-state index in [1.54, 1.807) is 32.1 Å². The third kappa shape index (κ3) is 3.52. The minimum Gasteiger partial charge on any atom is -0.504 e. The van der Waals surface area contributed by atoms with E-state index in [1.165, 1.54) is 13.2 Å². The maximum atomic E-state index is 11.4. The Labute approximate surface area is 100 Å². The predicted molar refractivity (Wildman–Crippen MR) is 64.9 cm³/mol. The molecule has 0 bridgehead atoms. The van der Waals surface area contributed by atoms with E-state index in [4.69, 9.17) is 9.47 Å². The summed E-state index contributed by atoms with van der Waals surface area (Å²) >= 11 is 0. The molecule has 0 heterocycles. The van der Waals surface area contributed by atoms with Gasteiger partial charge >= 0.3 is 5.97 Å². The summed E-state index contributed by atoms with van der Waals surface area (Å²) in [5.74, 6) is 0.0802. The lowest BCUT2D eigenvalue weighted by atomic mass is 10.1. The molecule has 0 saturated carbocycles. The summed E-state index contributed by atoms with van der Waals surface area (Å²) < 4.78 is 9.79. The standard InChI is InChI=1S/C13H16O4/c1-4-17-13(15)9(2)7-10-5-6-12(16-3)11(14)8-10/h5-8,14H,4H2,1-3H3/b9-7+. The number of ether oxygens (including phenoxy) is 2. The van der Waals surface area contributed by atoms with Crippen molar-refractivity contribution < 1.29 is 19.4 Å². The maximum absolute atomic E-state index is 11.4. The van der Waals surface area contributed by atoms with Gasteiger partial charge in [0, 0.05) is 5.57 Å². The minimum atomic E-state index is -0.359. The van der Waals surface area contributed by atoms with Crippen molar-refractivity contribution in [2.45, 2.75) is 13.8 Å². The number of hydrogen-bond acceptors (Lipinski definition) is 4. The molecule has 0 aliphatic carbocycles. The molecule has 4 heteroatoms. The molecular formula is C13H16O4. The molecular weight excluding hydrogens is 220 g/mol. The van der Waals surface area contributed by atoms with Gasteiger partial charge in [-0.1, -0.05) is 6.07 Å². The Morgan fingerprint density at radius 1 is 1.47 bits per heavy atom. The lowest BCUT2D eigenvalue weighted by Gasteiger charge is -2.05. The fourth-order valence-electron chi connectivity index (χ4n) is 1.35. The van der Waals surface area contributed by atoms with Crippen molar-refractivity contribution in [2.75, 3.05) is 13.7 Å². The number of benzene rings is 1. The highest BCUT2D eigenvalue weighted by Crippen LogP contribution is 2.27. The van der Waals surface area contributed by atoms with Crippen LogP contribution in [0.15, 0.2) is 23.8 Å². The van der Waals surface area contributed by atoms with Crippen LogP contribution in [0, 0.1) is 0 Å². The van der Waals surface area contributed by atoms with Crippen LogP contribution in [0.25, 0.3) is 6.08 Å². The highest BCUT2D eigenvalue weighted by atomic mass is 16.5. The zero-order valence-electron chi connectivity index (χ0n) is 10.2. The molecule has 0 spiro atoms. The average Bonchev–Trinajstić information content (AvgIpc) is 2.29. The highest BCUT2D eigenvalue weighted by molar-refractivity contribution is 5.93. The highest BCUT2D eigenvalue weighted by Gasteiger charge is 2.06. The number of aromatic hydroxyl groups is 1. The van der Waals surface area contributed by atoms with Gasteiger partial charge in [-0.15, -0.1) is 0 Å². The Morgan fingerprint density at radius 3 is 2.71 bits per heavy atom. The number of phenolic OH excluding ortho intramolecular Hbond substituents is 1. The number of phenols is 1. The van der Waals surface area contributed by atoms with Crippen LogP contribution < -0.4 is 4.74 Å². The molecule has 0 atom stereocenters. The van der Waals surface area contributed by atoms with Gasteiger partial charge in [0.25, 0.3) is 0 Å². The normalized spacial score (nSPS) is 11.1. The summed E-state index contributed by atoms with van der Waals surface area (Å²) in [6.45, 7) is 3.77. The molecule has 0 amide bonds. The van der Waals surface area contributed by atoms with Crippen molar-refractivity contribution in [3.63, 3.8) is 0 Å². The van der Waals surface area contributed by atoms with Gasteiger partial charge in [0.2, 0.25) is 0 Å². The second-order valence-corrected chi connectivity index (χ2v) is 3.48. The lowest BCUT2D eigenvalue weighted by molar-refractivity contribution is -0.138. The van der Waals surface area contributed by atoms with Crippen molar-refractivity contribution in [3.8, 4) is 11.5 Å². The van der Waals surface area contributed by atoms with Crippen LogP contribution >= 0.6 is 0 Å². The average molecular weight is 236 g/mol. The van der Waals surface area contributed by atoms with Crippen molar-refractivity contribution in [1.82, 2.24) is 0 Å². The monoisotopic (exact) mass is 236 g/mol. The minimum absolute atomic E-state index is 0.0397. The zero-order valence-corrected chi connectivity index (χ0v) is 10.2. The van der Waals surface area contributed by atoms with Crippen molar-refractivity contribution in [3.05, 3.63) is 29.3 Å². The Balaban J connectivity index is 2.91. The van der Waals surface area contributed by atoms with E-state index >= 15 is 0 Å². The molecule has 92 valence electrons. The first-order chi connectivity index (χ1) is 8.08. The van der Waals surface area contributed by atoms with Crippen LogP contribution in [0.4, 0.5) is 0 Å². The molecule has 1 aromatic carbocycles. The second kappa shape index (κ2) is 5.94. The van der Waals surface area contributed by atoms with E-state index in [1.807, 2.05) is 0 Å². The van der Waals surface area contributed by atoms with Gasteiger partial charge < -0.3 is 14.6 Å². The largest absolute Gasteiger partial charge is 0.504 e. The molecule has 0 radical (unpaired) electrons.